The van der Waals surface area contributed by atoms with Gasteiger partial charge in [-0.05, 0) is 19.1 Å². The topological polar surface area (TPSA) is 98.2 Å². The van der Waals surface area contributed by atoms with Crippen molar-refractivity contribution < 1.29 is 27.4 Å². The van der Waals surface area contributed by atoms with Crippen molar-refractivity contribution in [2.45, 2.75) is 32.3 Å². The summed E-state index contributed by atoms with van der Waals surface area (Å²) in [6, 6.07) is 6.10. The first-order valence-electron chi connectivity index (χ1n) is 9.83. The van der Waals surface area contributed by atoms with Crippen LogP contribution in [0.2, 0.25) is 0 Å². The van der Waals surface area contributed by atoms with Crippen LogP contribution in [0, 0.1) is 11.3 Å². The third kappa shape index (κ3) is 4.09. The molecule has 33 heavy (non-hydrogen) atoms. The Morgan fingerprint density at radius 3 is 2.58 bits per heavy atom. The Kier molecular flexibility index (Phi) is 5.49. The molecule has 3 heterocycles. The Hall–Kier alpha value is -4.01. The van der Waals surface area contributed by atoms with Gasteiger partial charge in [-0.25, -0.2) is 4.68 Å². The number of alkyl halides is 3. The second-order valence-corrected chi connectivity index (χ2v) is 7.49. The van der Waals surface area contributed by atoms with Gasteiger partial charge in [0.25, 0.3) is 5.91 Å². The molecule has 9 nitrogen and oxygen atoms in total. The van der Waals surface area contributed by atoms with Gasteiger partial charge in [0.15, 0.2) is 17.7 Å². The van der Waals surface area contributed by atoms with Gasteiger partial charge in [0.1, 0.15) is 17.4 Å². The first-order chi connectivity index (χ1) is 15.6. The van der Waals surface area contributed by atoms with E-state index < -0.39 is 18.2 Å². The number of nitrogens with zero attached hydrogens (tertiary/aromatic N) is 6. The zero-order valence-electron chi connectivity index (χ0n) is 17.9. The minimum Gasteiger partial charge on any atom is -0.494 e. The predicted molar refractivity (Wildman–Crippen MR) is 108 cm³/mol. The molecule has 3 aromatic rings. The van der Waals surface area contributed by atoms with Crippen molar-refractivity contribution >= 4 is 5.91 Å². The number of fused-ring (bicyclic) bond motifs is 1. The highest BCUT2D eigenvalue weighted by Gasteiger charge is 2.40. The van der Waals surface area contributed by atoms with E-state index in [-0.39, 0.29) is 35.7 Å². The van der Waals surface area contributed by atoms with Crippen molar-refractivity contribution in [2.75, 3.05) is 7.11 Å². The van der Waals surface area contributed by atoms with E-state index in [0.717, 1.165) is 12.5 Å². The van der Waals surface area contributed by atoms with Crippen LogP contribution in [0.4, 0.5) is 13.2 Å². The number of carbonyl (C=O) groups excluding carboxylic acids is 1. The minimum absolute atomic E-state index is 0.00476. The lowest BCUT2D eigenvalue weighted by atomic mass is 10.1. The van der Waals surface area contributed by atoms with Gasteiger partial charge in [-0.2, -0.15) is 28.6 Å². The first kappa shape index (κ1) is 22.2. The fourth-order valence-electron chi connectivity index (χ4n) is 3.52. The molecule has 0 spiro atoms. The predicted octanol–water partition coefficient (Wildman–Crippen LogP) is 2.97. The highest BCUT2D eigenvalue weighted by atomic mass is 19.4. The number of aryl methyl sites for hydroxylation is 1. The third-order valence-corrected chi connectivity index (χ3v) is 5.22. The SMILES string of the molecule is COc1c(C#N)ccc(OC(C)C(F)(F)F)c1C(=O)N1Cc2cn(-c3ccn(C)n3)nc2C1. The molecule has 2 aromatic heterocycles. The molecule has 1 aliphatic rings. The number of amides is 1. The highest BCUT2D eigenvalue weighted by molar-refractivity contribution is 6.00. The smallest absolute Gasteiger partial charge is 0.425 e. The molecule has 0 radical (unpaired) electrons. The average Bonchev–Trinajstić information content (AvgIpc) is 3.46. The molecule has 1 aliphatic heterocycles. The molecule has 4 rings (SSSR count). The van der Waals surface area contributed by atoms with Crippen LogP contribution < -0.4 is 9.47 Å². The fourth-order valence-corrected chi connectivity index (χ4v) is 3.52. The molecule has 12 heteroatoms. The Balaban J connectivity index is 1.65. The van der Waals surface area contributed by atoms with Crippen LogP contribution >= 0.6 is 0 Å². The summed E-state index contributed by atoms with van der Waals surface area (Å²) >= 11 is 0. The fraction of sp³-hybridized carbons (Fsp3) is 0.333. The standard InChI is InChI=1S/C21H19F3N6O3/c1-12(21(22,23)24)33-16-5-4-13(8-25)19(32-3)18(16)20(31)29-9-14-10-30(26-15(14)11-29)17-6-7-28(2)27-17/h4-7,10,12H,9,11H2,1-3H3. The Labute approximate surface area is 186 Å². The summed E-state index contributed by atoms with van der Waals surface area (Å²) < 4.78 is 52.8. The van der Waals surface area contributed by atoms with E-state index >= 15 is 0 Å². The van der Waals surface area contributed by atoms with Gasteiger partial charge >= 0.3 is 6.18 Å². The molecule has 0 saturated heterocycles. The molecule has 1 aromatic carbocycles. The molecule has 0 fully saturated rings. The van der Waals surface area contributed by atoms with Crippen molar-refractivity contribution in [1.29, 1.82) is 5.26 Å². The molecular weight excluding hydrogens is 441 g/mol. The van der Waals surface area contributed by atoms with Crippen LogP contribution in [0.25, 0.3) is 5.82 Å². The highest BCUT2D eigenvalue weighted by Crippen LogP contribution is 2.37. The zero-order chi connectivity index (χ0) is 23.9. The lowest BCUT2D eigenvalue weighted by Gasteiger charge is -2.23. The number of carbonyl (C=O) groups is 1. The van der Waals surface area contributed by atoms with Crippen LogP contribution in [0.1, 0.15) is 34.1 Å². The van der Waals surface area contributed by atoms with Gasteiger partial charge in [-0.15, -0.1) is 0 Å². The lowest BCUT2D eigenvalue weighted by Crippen LogP contribution is -2.33. The van der Waals surface area contributed by atoms with Crippen LogP contribution in [-0.2, 0) is 20.1 Å². The van der Waals surface area contributed by atoms with Gasteiger partial charge in [0.05, 0.1) is 24.9 Å². The first-order valence-corrected chi connectivity index (χ1v) is 9.83. The Bertz CT molecular complexity index is 1230. The Morgan fingerprint density at radius 1 is 1.24 bits per heavy atom. The van der Waals surface area contributed by atoms with E-state index in [0.29, 0.717) is 11.5 Å². The maximum Gasteiger partial charge on any atom is 0.425 e. The molecule has 0 saturated carbocycles. The van der Waals surface area contributed by atoms with Crippen LogP contribution in [-0.4, -0.2) is 49.8 Å². The maximum absolute atomic E-state index is 13.4. The van der Waals surface area contributed by atoms with Gasteiger partial charge in [-0.3, -0.25) is 9.48 Å². The molecule has 0 aliphatic carbocycles. The summed E-state index contributed by atoms with van der Waals surface area (Å²) in [4.78, 5) is 14.8. The number of ether oxygens (including phenoxy) is 2. The van der Waals surface area contributed by atoms with Crippen LogP contribution in [0.3, 0.4) is 0 Å². The van der Waals surface area contributed by atoms with E-state index in [4.69, 9.17) is 9.47 Å². The van der Waals surface area contributed by atoms with Gasteiger partial charge in [-0.1, -0.05) is 0 Å². The second-order valence-electron chi connectivity index (χ2n) is 7.49. The maximum atomic E-state index is 13.4. The van der Waals surface area contributed by atoms with Gasteiger partial charge in [0.2, 0.25) is 0 Å². The van der Waals surface area contributed by atoms with Crippen LogP contribution in [0.5, 0.6) is 11.5 Å². The van der Waals surface area contributed by atoms with E-state index in [9.17, 15) is 23.2 Å². The van der Waals surface area contributed by atoms with E-state index in [2.05, 4.69) is 10.2 Å². The lowest BCUT2D eigenvalue weighted by molar-refractivity contribution is -0.189. The van der Waals surface area contributed by atoms with Gasteiger partial charge in [0, 0.05) is 37.6 Å². The summed E-state index contributed by atoms with van der Waals surface area (Å²) in [5.41, 5.74) is 1.17. The number of nitriles is 1. The van der Waals surface area contributed by atoms with E-state index in [1.165, 1.54) is 24.1 Å². The number of hydrogen-bond acceptors (Lipinski definition) is 6. The third-order valence-electron chi connectivity index (χ3n) is 5.22. The van der Waals surface area contributed by atoms with Crippen molar-refractivity contribution in [2.24, 2.45) is 7.05 Å². The van der Waals surface area contributed by atoms with Crippen molar-refractivity contribution in [1.82, 2.24) is 24.5 Å². The normalized spacial score (nSPS) is 14.0. The number of benzene rings is 1. The zero-order valence-corrected chi connectivity index (χ0v) is 17.9. The summed E-state index contributed by atoms with van der Waals surface area (Å²) in [5, 5.41) is 18.1. The monoisotopic (exact) mass is 460 g/mol. The van der Waals surface area contributed by atoms with E-state index in [1.54, 1.807) is 34.9 Å². The summed E-state index contributed by atoms with van der Waals surface area (Å²) in [7, 11) is 3.02. The average molecular weight is 460 g/mol. The molecule has 1 atom stereocenters. The summed E-state index contributed by atoms with van der Waals surface area (Å²) in [6.45, 7) is 1.14. The minimum atomic E-state index is -4.64. The number of hydrogen-bond donors (Lipinski definition) is 0. The van der Waals surface area contributed by atoms with Gasteiger partial charge < -0.3 is 14.4 Å². The number of methoxy groups -OCH3 is 1. The molecule has 0 bridgehead atoms. The molecular formula is C21H19F3N6O3. The summed E-state index contributed by atoms with van der Waals surface area (Å²) in [5.74, 6) is -0.470. The number of halogens is 3. The number of aromatic nitrogens is 4. The van der Waals surface area contributed by atoms with Crippen molar-refractivity contribution in [3.63, 3.8) is 0 Å². The largest absolute Gasteiger partial charge is 0.494 e. The quantitative estimate of drug-likeness (QED) is 0.581. The molecule has 0 N–H and O–H groups in total. The summed E-state index contributed by atoms with van der Waals surface area (Å²) in [6.07, 6.45) is -3.29. The van der Waals surface area contributed by atoms with Crippen molar-refractivity contribution in [3.8, 4) is 23.4 Å². The van der Waals surface area contributed by atoms with Crippen LogP contribution in [0.15, 0.2) is 30.6 Å². The molecule has 1 unspecified atom stereocenters. The molecule has 1 amide bonds. The Morgan fingerprint density at radius 2 is 2.00 bits per heavy atom. The number of rotatable bonds is 5. The van der Waals surface area contributed by atoms with E-state index in [1.807, 2.05) is 6.07 Å². The van der Waals surface area contributed by atoms with Crippen molar-refractivity contribution in [3.05, 3.63) is 53.0 Å². The molecule has 172 valence electrons. The second kappa shape index (κ2) is 8.16.